The van der Waals surface area contributed by atoms with E-state index in [4.69, 9.17) is 0 Å². The number of amides is 3. The summed E-state index contributed by atoms with van der Waals surface area (Å²) >= 11 is 0. The van der Waals surface area contributed by atoms with E-state index < -0.39 is 0 Å². The van der Waals surface area contributed by atoms with Crippen LogP contribution < -0.4 is 5.32 Å². The van der Waals surface area contributed by atoms with Gasteiger partial charge in [-0.1, -0.05) is 48.5 Å². The minimum Gasteiger partial charge on any atom is -0.352 e. The smallest absolute Gasteiger partial charge is 0.319 e. The van der Waals surface area contributed by atoms with Crippen molar-refractivity contribution in [2.45, 2.75) is 38.8 Å². The molecular formula is C28H33N5O2. The molecular weight excluding hydrogens is 438 g/mol. The normalized spacial score (nSPS) is 16.5. The van der Waals surface area contributed by atoms with E-state index in [0.29, 0.717) is 19.6 Å². The predicted molar refractivity (Wildman–Crippen MR) is 136 cm³/mol. The molecule has 1 aromatic heterocycles. The Kier molecular flexibility index (Phi) is 7.12. The van der Waals surface area contributed by atoms with E-state index in [1.165, 1.54) is 5.56 Å². The number of aromatic nitrogens is 2. The Balaban J connectivity index is 1.16. The number of urea groups is 1. The number of carbonyl (C=O) groups is 2. The Bertz CT molecular complexity index is 1130. The Morgan fingerprint density at radius 1 is 0.886 bits per heavy atom. The van der Waals surface area contributed by atoms with Crippen LogP contribution in [0.25, 0.3) is 11.1 Å². The average Bonchev–Trinajstić information content (AvgIpc) is 3.63. The van der Waals surface area contributed by atoms with E-state index in [-0.39, 0.29) is 17.9 Å². The fourth-order valence-electron chi connectivity index (χ4n) is 5.09. The van der Waals surface area contributed by atoms with Gasteiger partial charge in [0.05, 0.1) is 6.54 Å². The number of hydrogen-bond donors (Lipinski definition) is 1. The highest BCUT2D eigenvalue weighted by Gasteiger charge is 2.30. The second kappa shape index (κ2) is 10.8. The second-order valence-corrected chi connectivity index (χ2v) is 9.51. The van der Waals surface area contributed by atoms with E-state index in [9.17, 15) is 9.59 Å². The lowest BCUT2D eigenvalue weighted by Crippen LogP contribution is -2.47. The summed E-state index contributed by atoms with van der Waals surface area (Å²) < 4.78 is 1.91. The summed E-state index contributed by atoms with van der Waals surface area (Å²) in [6.07, 6.45) is 7.40. The lowest BCUT2D eigenvalue weighted by Gasteiger charge is -2.34. The van der Waals surface area contributed by atoms with Gasteiger partial charge in [-0.25, -0.2) is 4.79 Å². The van der Waals surface area contributed by atoms with E-state index in [1.807, 2.05) is 38.9 Å². The number of carbonyl (C=O) groups excluding carboxylic acids is 2. The third kappa shape index (κ3) is 5.56. The highest BCUT2D eigenvalue weighted by Crippen LogP contribution is 2.25. The van der Waals surface area contributed by atoms with Crippen molar-refractivity contribution < 1.29 is 9.59 Å². The molecule has 0 aliphatic carbocycles. The molecule has 3 amide bonds. The summed E-state index contributed by atoms with van der Waals surface area (Å²) in [5.74, 6) is 0.0500. The first kappa shape index (κ1) is 23.1. The number of hydrogen-bond acceptors (Lipinski definition) is 3. The van der Waals surface area contributed by atoms with Crippen molar-refractivity contribution in [3.05, 3.63) is 78.1 Å². The monoisotopic (exact) mass is 471 g/mol. The second-order valence-electron chi connectivity index (χ2n) is 9.51. The molecule has 7 heteroatoms. The standard InChI is InChI=1S/C28H33N5O2/c34-27(24-12-18-32(19-13-24)28(35)31-15-3-4-16-31)29-20-25-6-1-2-7-26(25)23-10-8-22(9-11-23)21-33-17-5-14-30-33/h1-2,5-11,14,17,24H,3-4,12-13,15-16,18-21H2,(H,29,34). The molecule has 2 aliphatic rings. The third-order valence-electron chi connectivity index (χ3n) is 7.15. The fraction of sp³-hybridized carbons (Fsp3) is 0.393. The molecule has 0 saturated carbocycles. The number of nitrogens with zero attached hydrogens (tertiary/aromatic N) is 4. The van der Waals surface area contributed by atoms with Gasteiger partial charge in [0.1, 0.15) is 0 Å². The zero-order valence-electron chi connectivity index (χ0n) is 20.1. The van der Waals surface area contributed by atoms with Crippen molar-refractivity contribution in [3.8, 4) is 11.1 Å². The van der Waals surface area contributed by atoms with Crippen LogP contribution in [0.15, 0.2) is 67.0 Å². The molecule has 0 radical (unpaired) electrons. The Hall–Kier alpha value is -3.61. The molecule has 2 aromatic carbocycles. The highest BCUT2D eigenvalue weighted by atomic mass is 16.2. The van der Waals surface area contributed by atoms with Crippen molar-refractivity contribution >= 4 is 11.9 Å². The molecule has 0 spiro atoms. The van der Waals surface area contributed by atoms with Gasteiger partial charge in [0.2, 0.25) is 5.91 Å². The number of benzene rings is 2. The summed E-state index contributed by atoms with van der Waals surface area (Å²) in [6, 6.07) is 18.8. The zero-order chi connectivity index (χ0) is 24.0. The van der Waals surface area contributed by atoms with Crippen molar-refractivity contribution in [3.63, 3.8) is 0 Å². The van der Waals surface area contributed by atoms with Crippen LogP contribution in [0.1, 0.15) is 36.8 Å². The van der Waals surface area contributed by atoms with Crippen LogP contribution in [0, 0.1) is 5.92 Å². The first-order chi connectivity index (χ1) is 17.2. The molecule has 7 nitrogen and oxygen atoms in total. The molecule has 3 heterocycles. The zero-order valence-corrected chi connectivity index (χ0v) is 20.1. The summed E-state index contributed by atoms with van der Waals surface area (Å²) in [5, 5.41) is 7.43. The molecule has 2 saturated heterocycles. The molecule has 5 rings (SSSR count). The van der Waals surface area contributed by atoms with E-state index in [1.54, 1.807) is 6.20 Å². The number of rotatable bonds is 6. The molecule has 1 N–H and O–H groups in total. The van der Waals surface area contributed by atoms with Crippen LogP contribution >= 0.6 is 0 Å². The molecule has 2 fully saturated rings. The minimum atomic E-state index is -0.0358. The van der Waals surface area contributed by atoms with Gasteiger partial charge in [0, 0.05) is 51.0 Å². The minimum absolute atomic E-state index is 0.0358. The van der Waals surface area contributed by atoms with Crippen LogP contribution in [-0.2, 0) is 17.9 Å². The quantitative estimate of drug-likeness (QED) is 0.587. The van der Waals surface area contributed by atoms with Gasteiger partial charge >= 0.3 is 6.03 Å². The Morgan fingerprint density at radius 3 is 2.31 bits per heavy atom. The third-order valence-corrected chi connectivity index (χ3v) is 7.15. The maximum Gasteiger partial charge on any atom is 0.319 e. The Labute approximate surface area is 206 Å². The molecule has 182 valence electrons. The van der Waals surface area contributed by atoms with Crippen molar-refractivity contribution in [2.24, 2.45) is 5.92 Å². The largest absolute Gasteiger partial charge is 0.352 e. The van der Waals surface area contributed by atoms with Gasteiger partial charge in [-0.3, -0.25) is 9.48 Å². The van der Waals surface area contributed by atoms with Gasteiger partial charge in [0.15, 0.2) is 0 Å². The van der Waals surface area contributed by atoms with Crippen LogP contribution in [0.3, 0.4) is 0 Å². The number of piperidine rings is 1. The fourth-order valence-corrected chi connectivity index (χ4v) is 5.09. The molecule has 0 unspecified atom stereocenters. The van der Waals surface area contributed by atoms with Gasteiger partial charge < -0.3 is 15.1 Å². The van der Waals surface area contributed by atoms with Gasteiger partial charge in [0.25, 0.3) is 0 Å². The first-order valence-corrected chi connectivity index (χ1v) is 12.6. The maximum atomic E-state index is 12.9. The molecule has 3 aromatic rings. The van der Waals surface area contributed by atoms with Crippen LogP contribution in [0.5, 0.6) is 0 Å². The van der Waals surface area contributed by atoms with Crippen LogP contribution in [-0.4, -0.2) is 57.7 Å². The molecule has 0 atom stereocenters. The molecule has 2 aliphatic heterocycles. The lowest BCUT2D eigenvalue weighted by molar-refractivity contribution is -0.126. The van der Waals surface area contributed by atoms with E-state index in [2.05, 4.69) is 46.8 Å². The summed E-state index contributed by atoms with van der Waals surface area (Å²) in [6.45, 7) is 4.30. The van der Waals surface area contributed by atoms with E-state index >= 15 is 0 Å². The number of likely N-dealkylation sites (tertiary alicyclic amines) is 2. The lowest BCUT2D eigenvalue weighted by atomic mass is 9.95. The van der Waals surface area contributed by atoms with Crippen molar-refractivity contribution in [2.75, 3.05) is 26.2 Å². The topological polar surface area (TPSA) is 70.5 Å². The molecule has 35 heavy (non-hydrogen) atoms. The number of nitrogens with one attached hydrogen (secondary N) is 1. The average molecular weight is 472 g/mol. The summed E-state index contributed by atoms with van der Waals surface area (Å²) in [5.41, 5.74) is 4.55. The summed E-state index contributed by atoms with van der Waals surface area (Å²) in [4.78, 5) is 29.4. The highest BCUT2D eigenvalue weighted by molar-refractivity contribution is 5.80. The van der Waals surface area contributed by atoms with Gasteiger partial charge in [-0.05, 0) is 54.0 Å². The summed E-state index contributed by atoms with van der Waals surface area (Å²) in [7, 11) is 0. The van der Waals surface area contributed by atoms with Gasteiger partial charge in [-0.15, -0.1) is 0 Å². The Morgan fingerprint density at radius 2 is 1.60 bits per heavy atom. The van der Waals surface area contributed by atoms with Crippen molar-refractivity contribution in [1.82, 2.24) is 24.9 Å². The van der Waals surface area contributed by atoms with Crippen LogP contribution in [0.4, 0.5) is 4.79 Å². The van der Waals surface area contributed by atoms with Crippen molar-refractivity contribution in [1.29, 1.82) is 0 Å². The first-order valence-electron chi connectivity index (χ1n) is 12.6. The SMILES string of the molecule is O=C(NCc1ccccc1-c1ccc(Cn2cccn2)cc1)C1CCN(C(=O)N2CCCC2)CC1. The predicted octanol–water partition coefficient (Wildman–Crippen LogP) is 4.14. The van der Waals surface area contributed by atoms with E-state index in [0.717, 1.165) is 62.0 Å². The molecule has 0 bridgehead atoms. The maximum absolute atomic E-state index is 12.9. The van der Waals surface area contributed by atoms with Gasteiger partial charge in [-0.2, -0.15) is 5.10 Å². The van der Waals surface area contributed by atoms with Crippen LogP contribution in [0.2, 0.25) is 0 Å².